The number of nitrogens with zero attached hydrogens (tertiary/aromatic N) is 3. The Morgan fingerprint density at radius 2 is 2.28 bits per heavy atom. The van der Waals surface area contributed by atoms with Gasteiger partial charge in [0.15, 0.2) is 0 Å². The molecule has 0 fully saturated rings. The van der Waals surface area contributed by atoms with E-state index in [0.29, 0.717) is 23.4 Å². The summed E-state index contributed by atoms with van der Waals surface area (Å²) >= 11 is 0. The minimum Gasteiger partial charge on any atom is -0.379 e. The van der Waals surface area contributed by atoms with Crippen molar-refractivity contribution in [2.75, 3.05) is 5.32 Å². The molecule has 5 heteroatoms. The minimum absolute atomic E-state index is 0.311. The van der Waals surface area contributed by atoms with E-state index in [9.17, 15) is 4.39 Å². The fourth-order valence-electron chi connectivity index (χ4n) is 1.67. The van der Waals surface area contributed by atoms with E-state index in [-0.39, 0.29) is 5.82 Å². The molecule has 2 rings (SSSR count). The van der Waals surface area contributed by atoms with E-state index in [1.54, 1.807) is 25.5 Å². The summed E-state index contributed by atoms with van der Waals surface area (Å²) in [6, 6.07) is 4.83. The summed E-state index contributed by atoms with van der Waals surface area (Å²) < 4.78 is 15.4. The Labute approximate surface area is 105 Å². The quantitative estimate of drug-likeness (QED) is 0.901. The van der Waals surface area contributed by atoms with E-state index in [1.807, 2.05) is 17.7 Å². The van der Waals surface area contributed by atoms with Crippen molar-refractivity contribution in [3.8, 4) is 6.07 Å². The maximum absolute atomic E-state index is 13.6. The van der Waals surface area contributed by atoms with Crippen LogP contribution in [0.15, 0.2) is 24.7 Å². The molecule has 0 atom stereocenters. The van der Waals surface area contributed by atoms with Crippen LogP contribution in [0.3, 0.4) is 0 Å². The zero-order valence-corrected chi connectivity index (χ0v) is 10.2. The van der Waals surface area contributed by atoms with Gasteiger partial charge in [-0.2, -0.15) is 5.26 Å². The molecule has 1 N–H and O–H groups in total. The molecule has 1 aromatic carbocycles. The van der Waals surface area contributed by atoms with Gasteiger partial charge in [-0.25, -0.2) is 9.37 Å². The fourth-order valence-corrected chi connectivity index (χ4v) is 1.67. The van der Waals surface area contributed by atoms with Crippen LogP contribution >= 0.6 is 0 Å². The molecule has 2 aromatic rings. The summed E-state index contributed by atoms with van der Waals surface area (Å²) in [5, 5.41) is 11.9. The summed E-state index contributed by atoms with van der Waals surface area (Å²) in [6.45, 7) is 2.22. The molecule has 1 heterocycles. The van der Waals surface area contributed by atoms with Crippen molar-refractivity contribution in [3.63, 3.8) is 0 Å². The normalized spacial score (nSPS) is 10.1. The van der Waals surface area contributed by atoms with Crippen LogP contribution < -0.4 is 5.32 Å². The highest BCUT2D eigenvalue weighted by atomic mass is 19.1. The first kappa shape index (κ1) is 12.1. The standard InChI is InChI=1S/C13H13FN4/c1-9-12(14)3-10(5-15)4-13(9)17-7-11-6-16-8-18(11)2/h3-4,6,8,17H,7H2,1-2H3. The second kappa shape index (κ2) is 4.88. The van der Waals surface area contributed by atoms with E-state index in [4.69, 9.17) is 5.26 Å². The van der Waals surface area contributed by atoms with Gasteiger partial charge in [0.25, 0.3) is 0 Å². The lowest BCUT2D eigenvalue weighted by Gasteiger charge is -2.11. The third kappa shape index (κ3) is 2.33. The Balaban J connectivity index is 2.22. The van der Waals surface area contributed by atoms with Crippen molar-refractivity contribution >= 4 is 5.69 Å². The van der Waals surface area contributed by atoms with Gasteiger partial charge in [-0.3, -0.25) is 0 Å². The molecule has 0 aliphatic rings. The number of nitrogens with one attached hydrogen (secondary N) is 1. The Morgan fingerprint density at radius 1 is 1.50 bits per heavy atom. The number of benzene rings is 1. The molecule has 0 spiro atoms. The molecule has 0 bridgehead atoms. The summed E-state index contributed by atoms with van der Waals surface area (Å²) in [7, 11) is 1.89. The van der Waals surface area contributed by atoms with Gasteiger partial charge in [0.2, 0.25) is 0 Å². The lowest BCUT2D eigenvalue weighted by molar-refractivity contribution is 0.618. The molecule has 0 unspecified atom stereocenters. The largest absolute Gasteiger partial charge is 0.379 e. The van der Waals surface area contributed by atoms with Gasteiger partial charge < -0.3 is 9.88 Å². The fraction of sp³-hybridized carbons (Fsp3) is 0.231. The number of aromatic nitrogens is 2. The zero-order valence-electron chi connectivity index (χ0n) is 10.2. The molecular formula is C13H13FN4. The first-order chi connectivity index (χ1) is 8.61. The van der Waals surface area contributed by atoms with E-state index in [0.717, 1.165) is 5.69 Å². The lowest BCUT2D eigenvalue weighted by Crippen LogP contribution is -2.06. The molecule has 18 heavy (non-hydrogen) atoms. The lowest BCUT2D eigenvalue weighted by atomic mass is 10.1. The van der Waals surface area contributed by atoms with Crippen LogP contribution in [0.4, 0.5) is 10.1 Å². The number of hydrogen-bond donors (Lipinski definition) is 1. The van der Waals surface area contributed by atoms with Crippen molar-refractivity contribution in [3.05, 3.63) is 47.3 Å². The van der Waals surface area contributed by atoms with E-state index >= 15 is 0 Å². The van der Waals surface area contributed by atoms with Gasteiger partial charge in [0, 0.05) is 24.5 Å². The second-order valence-corrected chi connectivity index (χ2v) is 4.09. The molecule has 4 nitrogen and oxygen atoms in total. The van der Waals surface area contributed by atoms with E-state index in [1.165, 1.54) is 6.07 Å². The minimum atomic E-state index is -0.374. The molecule has 0 saturated carbocycles. The average molecular weight is 244 g/mol. The first-order valence-corrected chi connectivity index (χ1v) is 5.51. The third-order valence-electron chi connectivity index (χ3n) is 2.85. The SMILES string of the molecule is Cc1c(F)cc(C#N)cc1NCc1cncn1C. The molecule has 92 valence electrons. The molecule has 0 aliphatic heterocycles. The van der Waals surface area contributed by atoms with Crippen molar-refractivity contribution in [2.45, 2.75) is 13.5 Å². The summed E-state index contributed by atoms with van der Waals surface area (Å²) in [6.07, 6.45) is 3.45. The smallest absolute Gasteiger partial charge is 0.129 e. The highest BCUT2D eigenvalue weighted by Gasteiger charge is 2.07. The number of rotatable bonds is 3. The number of anilines is 1. The molecule has 0 aliphatic carbocycles. The van der Waals surface area contributed by atoms with Gasteiger partial charge in [0.1, 0.15) is 5.82 Å². The second-order valence-electron chi connectivity index (χ2n) is 4.09. The number of halogens is 1. The van der Waals surface area contributed by atoms with E-state index in [2.05, 4.69) is 10.3 Å². The topological polar surface area (TPSA) is 53.6 Å². The highest BCUT2D eigenvalue weighted by Crippen LogP contribution is 2.21. The van der Waals surface area contributed by atoms with Gasteiger partial charge in [-0.1, -0.05) is 0 Å². The van der Waals surface area contributed by atoms with Crippen LogP contribution in [-0.4, -0.2) is 9.55 Å². The van der Waals surface area contributed by atoms with Crippen molar-refractivity contribution in [2.24, 2.45) is 7.05 Å². The Morgan fingerprint density at radius 3 is 2.89 bits per heavy atom. The first-order valence-electron chi connectivity index (χ1n) is 5.51. The number of hydrogen-bond acceptors (Lipinski definition) is 3. The van der Waals surface area contributed by atoms with Crippen molar-refractivity contribution < 1.29 is 4.39 Å². The van der Waals surface area contributed by atoms with Gasteiger partial charge in [0.05, 0.1) is 30.2 Å². The summed E-state index contributed by atoms with van der Waals surface area (Å²) in [5.74, 6) is -0.374. The Bertz CT molecular complexity index is 610. The number of aryl methyl sites for hydroxylation is 1. The third-order valence-corrected chi connectivity index (χ3v) is 2.85. The van der Waals surface area contributed by atoms with Gasteiger partial charge in [-0.05, 0) is 19.1 Å². The van der Waals surface area contributed by atoms with Crippen LogP contribution in [0.5, 0.6) is 0 Å². The zero-order chi connectivity index (χ0) is 13.1. The predicted octanol–water partition coefficient (Wildman–Crippen LogP) is 2.35. The summed E-state index contributed by atoms with van der Waals surface area (Å²) in [5.41, 5.74) is 2.44. The van der Waals surface area contributed by atoms with Crippen LogP contribution in [0.1, 0.15) is 16.8 Å². The number of imidazole rings is 1. The molecule has 0 radical (unpaired) electrons. The number of nitriles is 1. The molecule has 0 saturated heterocycles. The maximum atomic E-state index is 13.6. The van der Waals surface area contributed by atoms with Crippen LogP contribution in [0.25, 0.3) is 0 Å². The van der Waals surface area contributed by atoms with Crippen LogP contribution in [0, 0.1) is 24.1 Å². The molecule has 0 amide bonds. The van der Waals surface area contributed by atoms with Gasteiger partial charge >= 0.3 is 0 Å². The molecular weight excluding hydrogens is 231 g/mol. The maximum Gasteiger partial charge on any atom is 0.129 e. The van der Waals surface area contributed by atoms with Crippen molar-refractivity contribution in [1.82, 2.24) is 9.55 Å². The predicted molar refractivity (Wildman–Crippen MR) is 66.4 cm³/mol. The summed E-state index contributed by atoms with van der Waals surface area (Å²) in [4.78, 5) is 4.00. The Kier molecular flexibility index (Phi) is 3.28. The van der Waals surface area contributed by atoms with Crippen molar-refractivity contribution in [1.29, 1.82) is 5.26 Å². The molecule has 1 aromatic heterocycles. The van der Waals surface area contributed by atoms with E-state index < -0.39 is 0 Å². The Hall–Kier alpha value is -2.35. The van der Waals surface area contributed by atoms with Gasteiger partial charge in [-0.15, -0.1) is 0 Å². The van der Waals surface area contributed by atoms with Crippen LogP contribution in [0.2, 0.25) is 0 Å². The average Bonchev–Trinajstić information content (AvgIpc) is 2.76. The highest BCUT2D eigenvalue weighted by molar-refractivity contribution is 5.55. The monoisotopic (exact) mass is 244 g/mol. The van der Waals surface area contributed by atoms with Crippen LogP contribution in [-0.2, 0) is 13.6 Å².